The van der Waals surface area contributed by atoms with Gasteiger partial charge in [-0.05, 0) is 37.5 Å². The molecule has 0 saturated carbocycles. The van der Waals surface area contributed by atoms with Gasteiger partial charge in [0, 0.05) is 43.4 Å². The molecule has 0 unspecified atom stereocenters. The highest BCUT2D eigenvalue weighted by Gasteiger charge is 2.27. The third-order valence-electron chi connectivity index (χ3n) is 5.81. The molecular formula is C22H26F2N6O2S. The van der Waals surface area contributed by atoms with Crippen molar-refractivity contribution in [1.29, 1.82) is 0 Å². The Bertz CT molecular complexity index is 1190. The Morgan fingerprint density at radius 2 is 1.97 bits per heavy atom. The second-order valence-corrected chi connectivity index (χ2v) is 9.94. The van der Waals surface area contributed by atoms with Crippen LogP contribution in [0.1, 0.15) is 31.0 Å². The molecule has 1 aliphatic heterocycles. The molecule has 176 valence electrons. The van der Waals surface area contributed by atoms with Crippen LogP contribution in [0.5, 0.6) is 0 Å². The van der Waals surface area contributed by atoms with Gasteiger partial charge in [0.25, 0.3) is 0 Å². The van der Waals surface area contributed by atoms with Crippen LogP contribution < -0.4 is 9.62 Å². The maximum Gasteiger partial charge on any atom is 0.232 e. The lowest BCUT2D eigenvalue weighted by atomic mass is 9.94. The fourth-order valence-electron chi connectivity index (χ4n) is 4.22. The van der Waals surface area contributed by atoms with Crippen molar-refractivity contribution in [1.82, 2.24) is 19.7 Å². The second-order valence-electron chi connectivity index (χ2n) is 8.10. The largest absolute Gasteiger partial charge is 0.369 e. The molecular weight excluding hydrogens is 450 g/mol. The molecule has 0 atom stereocenters. The fourth-order valence-corrected chi connectivity index (χ4v) is 5.31. The van der Waals surface area contributed by atoms with Crippen molar-refractivity contribution in [2.24, 2.45) is 7.05 Å². The molecule has 0 radical (unpaired) electrons. The third-order valence-corrected chi connectivity index (χ3v) is 7.17. The summed E-state index contributed by atoms with van der Waals surface area (Å²) in [5, 5.41) is 8.21. The van der Waals surface area contributed by atoms with E-state index in [4.69, 9.17) is 0 Å². The predicted octanol–water partition coefficient (Wildman–Crippen LogP) is 3.50. The first-order valence-electron chi connectivity index (χ1n) is 10.8. The van der Waals surface area contributed by atoms with Crippen LogP contribution in [-0.4, -0.2) is 53.7 Å². The van der Waals surface area contributed by atoms with Gasteiger partial charge in [-0.2, -0.15) is 4.39 Å². The SMILES string of the molecule is Cn1cnnc1C1CCN(c2c(NS(=O)(=O)CCCF)cccc2-c2ccc(F)nc2)CC1. The Balaban J connectivity index is 1.68. The van der Waals surface area contributed by atoms with Gasteiger partial charge < -0.3 is 9.47 Å². The van der Waals surface area contributed by atoms with Crippen LogP contribution in [0.3, 0.4) is 0 Å². The lowest BCUT2D eigenvalue weighted by molar-refractivity contribution is 0.474. The van der Waals surface area contributed by atoms with Gasteiger partial charge in [0.15, 0.2) is 0 Å². The Morgan fingerprint density at radius 1 is 1.18 bits per heavy atom. The molecule has 11 heteroatoms. The number of rotatable bonds is 8. The summed E-state index contributed by atoms with van der Waals surface area (Å²) in [6.45, 7) is 0.634. The zero-order valence-corrected chi connectivity index (χ0v) is 19.1. The number of benzene rings is 1. The first-order chi connectivity index (χ1) is 15.9. The molecule has 0 spiro atoms. The van der Waals surface area contributed by atoms with Gasteiger partial charge in [-0.3, -0.25) is 9.11 Å². The molecule has 2 aromatic heterocycles. The highest BCUT2D eigenvalue weighted by Crippen LogP contribution is 2.40. The molecule has 0 amide bonds. The van der Waals surface area contributed by atoms with E-state index in [1.807, 2.05) is 17.7 Å². The molecule has 1 N–H and O–H groups in total. The predicted molar refractivity (Wildman–Crippen MR) is 123 cm³/mol. The first kappa shape index (κ1) is 23.1. The van der Waals surface area contributed by atoms with Crippen LogP contribution in [0.25, 0.3) is 11.1 Å². The molecule has 0 bridgehead atoms. The molecule has 3 aromatic rings. The first-order valence-corrected chi connectivity index (χ1v) is 12.4. The van der Waals surface area contributed by atoms with E-state index >= 15 is 0 Å². The standard InChI is InChI=1S/C22H26F2N6O2S/c1-29-15-26-27-22(29)16-8-11-30(12-9-16)21-18(17-6-7-20(24)25-14-17)4-2-5-19(21)28-33(31,32)13-3-10-23/h2,4-7,14-16,28H,3,8-13H2,1H3. The van der Waals surface area contributed by atoms with Crippen LogP contribution in [0.15, 0.2) is 42.9 Å². The maximum atomic E-state index is 13.4. The Hall–Kier alpha value is -3.08. The normalized spacial score (nSPS) is 15.1. The summed E-state index contributed by atoms with van der Waals surface area (Å²) >= 11 is 0. The number of hydrogen-bond acceptors (Lipinski definition) is 6. The van der Waals surface area contributed by atoms with Crippen molar-refractivity contribution >= 4 is 21.4 Å². The van der Waals surface area contributed by atoms with Gasteiger partial charge in [0.2, 0.25) is 16.0 Å². The van der Waals surface area contributed by atoms with Gasteiger partial charge in [-0.15, -0.1) is 10.2 Å². The minimum Gasteiger partial charge on any atom is -0.369 e. The van der Waals surface area contributed by atoms with Crippen LogP contribution >= 0.6 is 0 Å². The zero-order valence-electron chi connectivity index (χ0n) is 18.3. The molecule has 1 aromatic carbocycles. The molecule has 4 rings (SSSR count). The number of aromatic nitrogens is 4. The topological polar surface area (TPSA) is 93.0 Å². The minimum absolute atomic E-state index is 0.0741. The summed E-state index contributed by atoms with van der Waals surface area (Å²) in [5.41, 5.74) is 2.52. The third kappa shape index (κ3) is 5.29. The van der Waals surface area contributed by atoms with Crippen molar-refractivity contribution in [2.75, 3.05) is 35.1 Å². The number of piperidine rings is 1. The fraction of sp³-hybridized carbons (Fsp3) is 0.409. The number of pyridine rings is 1. The summed E-state index contributed by atoms with van der Waals surface area (Å²) in [7, 11) is -1.81. The van der Waals surface area contributed by atoms with Crippen molar-refractivity contribution in [3.8, 4) is 11.1 Å². The molecule has 3 heterocycles. The van der Waals surface area contributed by atoms with E-state index in [0.29, 0.717) is 30.0 Å². The van der Waals surface area contributed by atoms with E-state index in [1.165, 1.54) is 12.3 Å². The summed E-state index contributed by atoms with van der Waals surface area (Å²) in [4.78, 5) is 5.88. The number of aryl methyl sites for hydroxylation is 1. The smallest absolute Gasteiger partial charge is 0.232 e. The van der Waals surface area contributed by atoms with E-state index in [1.54, 1.807) is 24.5 Å². The highest BCUT2D eigenvalue weighted by atomic mass is 32.2. The number of nitrogens with zero attached hydrogens (tertiary/aromatic N) is 5. The summed E-state index contributed by atoms with van der Waals surface area (Å²) in [5.74, 6) is 0.281. The van der Waals surface area contributed by atoms with Gasteiger partial charge in [0.05, 0.1) is 23.8 Å². The van der Waals surface area contributed by atoms with Gasteiger partial charge in [-0.1, -0.05) is 12.1 Å². The molecule has 1 aliphatic rings. The van der Waals surface area contributed by atoms with Gasteiger partial charge in [0.1, 0.15) is 12.2 Å². The minimum atomic E-state index is -3.73. The zero-order chi connectivity index (χ0) is 23.4. The Morgan fingerprint density at radius 3 is 2.61 bits per heavy atom. The van der Waals surface area contributed by atoms with E-state index < -0.39 is 22.6 Å². The van der Waals surface area contributed by atoms with Crippen molar-refractivity contribution in [3.05, 3.63) is 54.6 Å². The lowest BCUT2D eigenvalue weighted by Gasteiger charge is -2.35. The number of alkyl halides is 1. The average molecular weight is 477 g/mol. The van der Waals surface area contributed by atoms with Crippen molar-refractivity contribution < 1.29 is 17.2 Å². The summed E-state index contributed by atoms with van der Waals surface area (Å²) in [6.07, 6.45) is 4.67. The van der Waals surface area contributed by atoms with E-state index in [2.05, 4.69) is 24.8 Å². The average Bonchev–Trinajstić information content (AvgIpc) is 3.24. The maximum absolute atomic E-state index is 13.4. The number of nitrogens with one attached hydrogen (secondary N) is 1. The summed E-state index contributed by atoms with van der Waals surface area (Å²) in [6, 6.07) is 8.18. The van der Waals surface area contributed by atoms with Crippen molar-refractivity contribution in [2.45, 2.75) is 25.2 Å². The summed E-state index contributed by atoms with van der Waals surface area (Å²) < 4.78 is 55.7. The number of anilines is 2. The lowest BCUT2D eigenvalue weighted by Crippen LogP contribution is -2.34. The van der Waals surface area contributed by atoms with E-state index in [0.717, 1.165) is 24.2 Å². The highest BCUT2D eigenvalue weighted by molar-refractivity contribution is 7.92. The van der Waals surface area contributed by atoms with E-state index in [-0.39, 0.29) is 18.1 Å². The van der Waals surface area contributed by atoms with Gasteiger partial charge >= 0.3 is 0 Å². The van der Waals surface area contributed by atoms with Gasteiger partial charge in [-0.25, -0.2) is 13.4 Å². The quantitative estimate of drug-likeness (QED) is 0.500. The van der Waals surface area contributed by atoms with E-state index in [9.17, 15) is 17.2 Å². The number of hydrogen-bond donors (Lipinski definition) is 1. The Labute approximate surface area is 191 Å². The monoisotopic (exact) mass is 476 g/mol. The van der Waals surface area contributed by atoms with Crippen molar-refractivity contribution in [3.63, 3.8) is 0 Å². The molecule has 8 nitrogen and oxygen atoms in total. The molecule has 0 aliphatic carbocycles. The van der Waals surface area contributed by atoms with Crippen LogP contribution in [0.4, 0.5) is 20.2 Å². The van der Waals surface area contributed by atoms with Crippen LogP contribution in [-0.2, 0) is 17.1 Å². The molecule has 33 heavy (non-hydrogen) atoms. The second kappa shape index (κ2) is 9.82. The number of halogens is 2. The Kier molecular flexibility index (Phi) is 6.87. The molecule has 1 fully saturated rings. The van der Waals surface area contributed by atoms with Crippen LogP contribution in [0.2, 0.25) is 0 Å². The van der Waals surface area contributed by atoms with Crippen LogP contribution in [0, 0.1) is 5.95 Å². The number of para-hydroxylation sites is 1. The number of sulfonamides is 1. The molecule has 1 saturated heterocycles.